The van der Waals surface area contributed by atoms with Gasteiger partial charge in [-0.1, -0.05) is 35.0 Å². The summed E-state index contributed by atoms with van der Waals surface area (Å²) in [5.41, 5.74) is 3.08. The fourth-order valence-electron chi connectivity index (χ4n) is 1.94. The maximum absolute atomic E-state index is 3.60. The fourth-order valence-corrected chi connectivity index (χ4v) is 2.55. The van der Waals surface area contributed by atoms with Crippen LogP contribution in [0.2, 0.25) is 0 Å². The molecule has 0 spiro atoms. The van der Waals surface area contributed by atoms with Gasteiger partial charge in [-0.2, -0.15) is 0 Å². The van der Waals surface area contributed by atoms with Crippen LogP contribution in [0.3, 0.4) is 0 Å². The van der Waals surface area contributed by atoms with E-state index < -0.39 is 0 Å². The van der Waals surface area contributed by atoms with E-state index in [2.05, 4.69) is 41.1 Å². The van der Waals surface area contributed by atoms with Crippen LogP contribution in [0.25, 0.3) is 0 Å². The van der Waals surface area contributed by atoms with E-state index in [4.69, 9.17) is 0 Å². The Hall–Kier alpha value is -0.300. The van der Waals surface area contributed by atoms with E-state index >= 15 is 0 Å². The number of hydrogen-bond donors (Lipinski definition) is 0. The zero-order valence-electron chi connectivity index (χ0n) is 7.31. The summed E-state index contributed by atoms with van der Waals surface area (Å²) in [6.45, 7) is 2.34. The second kappa shape index (κ2) is 3.21. The van der Waals surface area contributed by atoms with Gasteiger partial charge in [0.1, 0.15) is 0 Å². The molecule has 0 amide bonds. The van der Waals surface area contributed by atoms with Crippen LogP contribution in [0.1, 0.15) is 24.5 Å². The minimum Gasteiger partial charge on any atom is -0.0622 e. The lowest BCUT2D eigenvalue weighted by molar-refractivity contribution is 0.500. The molecule has 64 valence electrons. The van der Waals surface area contributed by atoms with Crippen molar-refractivity contribution in [2.45, 2.75) is 26.2 Å². The molecule has 1 aromatic rings. The van der Waals surface area contributed by atoms with Crippen molar-refractivity contribution in [2.75, 3.05) is 0 Å². The molecule has 0 nitrogen and oxygen atoms in total. The van der Waals surface area contributed by atoms with Crippen molar-refractivity contribution < 1.29 is 0 Å². The van der Waals surface area contributed by atoms with E-state index in [0.29, 0.717) is 0 Å². The first-order chi connectivity index (χ1) is 5.77. The third-order valence-corrected chi connectivity index (χ3v) is 3.41. The Morgan fingerprint density at radius 3 is 3.08 bits per heavy atom. The van der Waals surface area contributed by atoms with Gasteiger partial charge in [0.25, 0.3) is 0 Å². The van der Waals surface area contributed by atoms with E-state index in [1.54, 1.807) is 5.56 Å². The average Bonchev–Trinajstić information content (AvgIpc) is 2.04. The highest BCUT2D eigenvalue weighted by Gasteiger charge is 2.16. The molecule has 1 heteroatoms. The summed E-state index contributed by atoms with van der Waals surface area (Å²) in [7, 11) is 0. The zero-order chi connectivity index (χ0) is 8.55. The molecule has 2 rings (SSSR count). The van der Waals surface area contributed by atoms with Gasteiger partial charge in [0.15, 0.2) is 0 Å². The molecule has 0 radical (unpaired) electrons. The molecule has 0 N–H and O–H groups in total. The Morgan fingerprint density at radius 2 is 2.25 bits per heavy atom. The highest BCUT2D eigenvalue weighted by Crippen LogP contribution is 2.30. The highest BCUT2D eigenvalue weighted by molar-refractivity contribution is 9.10. The minimum atomic E-state index is 0.867. The average molecular weight is 225 g/mol. The highest BCUT2D eigenvalue weighted by atomic mass is 79.9. The fraction of sp³-hybridized carbons (Fsp3) is 0.455. The monoisotopic (exact) mass is 224 g/mol. The molecule has 0 bridgehead atoms. The summed E-state index contributed by atoms with van der Waals surface area (Å²) < 4.78 is 1.30. The van der Waals surface area contributed by atoms with Crippen LogP contribution in [0.5, 0.6) is 0 Å². The van der Waals surface area contributed by atoms with Crippen molar-refractivity contribution in [2.24, 2.45) is 5.92 Å². The van der Waals surface area contributed by atoms with Crippen molar-refractivity contribution in [3.63, 3.8) is 0 Å². The van der Waals surface area contributed by atoms with Crippen molar-refractivity contribution in [1.29, 1.82) is 0 Å². The molecular weight excluding hydrogens is 212 g/mol. The van der Waals surface area contributed by atoms with Crippen LogP contribution in [0, 0.1) is 5.92 Å². The Bertz CT molecular complexity index is 291. The van der Waals surface area contributed by atoms with Gasteiger partial charge in [-0.05, 0) is 42.4 Å². The second-order valence-electron chi connectivity index (χ2n) is 3.73. The molecule has 0 aliphatic heterocycles. The lowest BCUT2D eigenvalue weighted by Crippen LogP contribution is -2.11. The summed E-state index contributed by atoms with van der Waals surface area (Å²) in [5, 5.41) is 0. The number of benzene rings is 1. The second-order valence-corrected chi connectivity index (χ2v) is 4.58. The van der Waals surface area contributed by atoms with Gasteiger partial charge in [0.2, 0.25) is 0 Å². The van der Waals surface area contributed by atoms with Crippen LogP contribution < -0.4 is 0 Å². The van der Waals surface area contributed by atoms with Gasteiger partial charge in [0, 0.05) is 4.47 Å². The topological polar surface area (TPSA) is 0 Å². The molecule has 0 heterocycles. The molecule has 0 fully saturated rings. The normalized spacial score (nSPS) is 22.0. The van der Waals surface area contributed by atoms with Crippen molar-refractivity contribution in [1.82, 2.24) is 0 Å². The van der Waals surface area contributed by atoms with Crippen LogP contribution in [-0.2, 0) is 12.8 Å². The van der Waals surface area contributed by atoms with Crippen molar-refractivity contribution in [3.05, 3.63) is 33.8 Å². The first-order valence-electron chi connectivity index (χ1n) is 4.53. The van der Waals surface area contributed by atoms with E-state index in [1.165, 1.54) is 29.3 Å². The van der Waals surface area contributed by atoms with Gasteiger partial charge in [-0.25, -0.2) is 0 Å². The summed E-state index contributed by atoms with van der Waals surface area (Å²) in [6, 6.07) is 6.55. The number of hydrogen-bond acceptors (Lipinski definition) is 0. The third-order valence-electron chi connectivity index (χ3n) is 2.67. The quantitative estimate of drug-likeness (QED) is 0.633. The van der Waals surface area contributed by atoms with Crippen molar-refractivity contribution >= 4 is 15.9 Å². The summed E-state index contributed by atoms with van der Waals surface area (Å²) in [5.74, 6) is 0.867. The number of rotatable bonds is 0. The Balaban J connectivity index is 2.42. The smallest absolute Gasteiger partial charge is 0.0210 e. The summed E-state index contributed by atoms with van der Waals surface area (Å²) >= 11 is 3.60. The molecule has 0 saturated carbocycles. The van der Waals surface area contributed by atoms with Gasteiger partial charge in [0.05, 0.1) is 0 Å². The Morgan fingerprint density at radius 1 is 1.42 bits per heavy atom. The SMILES string of the molecule is CC1CCc2c(Br)cccc2C1. The Kier molecular flexibility index (Phi) is 2.22. The first-order valence-corrected chi connectivity index (χ1v) is 5.33. The summed E-state index contributed by atoms with van der Waals surface area (Å²) in [6.07, 6.45) is 3.85. The molecule has 1 unspecified atom stereocenters. The first kappa shape index (κ1) is 8.31. The zero-order valence-corrected chi connectivity index (χ0v) is 8.89. The molecule has 1 aliphatic rings. The lowest BCUT2D eigenvalue weighted by atomic mass is 9.85. The molecular formula is C11H13Br. The molecule has 0 saturated heterocycles. The molecule has 0 aromatic heterocycles. The van der Waals surface area contributed by atoms with E-state index in [-0.39, 0.29) is 0 Å². The van der Waals surface area contributed by atoms with Crippen LogP contribution in [0.15, 0.2) is 22.7 Å². The van der Waals surface area contributed by atoms with E-state index in [9.17, 15) is 0 Å². The maximum atomic E-state index is 3.60. The maximum Gasteiger partial charge on any atom is 0.0210 e. The Labute approximate surface area is 82.1 Å². The lowest BCUT2D eigenvalue weighted by Gasteiger charge is -2.22. The van der Waals surface area contributed by atoms with Crippen LogP contribution in [-0.4, -0.2) is 0 Å². The van der Waals surface area contributed by atoms with Gasteiger partial charge < -0.3 is 0 Å². The molecule has 1 atom stereocenters. The summed E-state index contributed by atoms with van der Waals surface area (Å²) in [4.78, 5) is 0. The van der Waals surface area contributed by atoms with Crippen molar-refractivity contribution in [3.8, 4) is 0 Å². The van der Waals surface area contributed by atoms with Crippen LogP contribution in [0.4, 0.5) is 0 Å². The largest absolute Gasteiger partial charge is 0.0622 e. The number of fused-ring (bicyclic) bond motifs is 1. The standard InChI is InChI=1S/C11H13Br/c1-8-5-6-10-9(7-8)3-2-4-11(10)12/h2-4,8H,5-7H2,1H3. The predicted molar refractivity (Wildman–Crippen MR) is 55.3 cm³/mol. The third kappa shape index (κ3) is 1.42. The predicted octanol–water partition coefficient (Wildman–Crippen LogP) is 3.57. The van der Waals surface area contributed by atoms with E-state index in [0.717, 1.165) is 5.92 Å². The molecule has 1 aliphatic carbocycles. The molecule has 1 aromatic carbocycles. The van der Waals surface area contributed by atoms with Crippen LogP contribution >= 0.6 is 15.9 Å². The minimum absolute atomic E-state index is 0.867. The van der Waals surface area contributed by atoms with Gasteiger partial charge >= 0.3 is 0 Å². The van der Waals surface area contributed by atoms with Gasteiger partial charge in [-0.15, -0.1) is 0 Å². The van der Waals surface area contributed by atoms with Gasteiger partial charge in [-0.3, -0.25) is 0 Å². The molecule has 12 heavy (non-hydrogen) atoms. The van der Waals surface area contributed by atoms with E-state index in [1.807, 2.05) is 0 Å². The number of halogens is 1.